The Morgan fingerprint density at radius 3 is 2.68 bits per heavy atom. The molecule has 34 heavy (non-hydrogen) atoms. The number of aliphatic hydroxyl groups is 1. The lowest BCUT2D eigenvalue weighted by molar-refractivity contribution is -0.125. The number of nitrogens with zero attached hydrogens (tertiary/aromatic N) is 1. The topological polar surface area (TPSA) is 153 Å². The minimum atomic E-state index is -1.22. The number of amides is 4. The first-order chi connectivity index (χ1) is 16.3. The van der Waals surface area contributed by atoms with Crippen molar-refractivity contribution in [3.63, 3.8) is 0 Å². The number of aliphatic hydroxyl groups excluding tert-OH is 1. The van der Waals surface area contributed by atoms with Crippen LogP contribution in [0.25, 0.3) is 0 Å². The van der Waals surface area contributed by atoms with E-state index in [2.05, 4.69) is 20.9 Å². The number of aromatic nitrogens is 1. The van der Waals surface area contributed by atoms with Crippen molar-refractivity contribution < 1.29 is 29.0 Å². The summed E-state index contributed by atoms with van der Waals surface area (Å²) in [5, 5.41) is 18.0. The Labute approximate surface area is 196 Å². The van der Waals surface area contributed by atoms with Gasteiger partial charge in [-0.2, -0.15) is 0 Å². The molecule has 11 heteroatoms. The van der Waals surface area contributed by atoms with Gasteiger partial charge in [-0.3, -0.25) is 19.2 Å². The molecule has 2 atom stereocenters. The fourth-order valence-corrected chi connectivity index (χ4v) is 3.42. The molecule has 1 aliphatic rings. The smallest absolute Gasteiger partial charge is 0.270 e. The van der Waals surface area contributed by atoms with E-state index >= 15 is 0 Å². The van der Waals surface area contributed by atoms with Crippen LogP contribution in [0.15, 0.2) is 36.5 Å². The lowest BCUT2D eigenvalue weighted by atomic mass is 10.1. The lowest BCUT2D eigenvalue weighted by Crippen LogP contribution is -2.53. The number of fused-ring (bicyclic) bond motifs is 2. The Kier molecular flexibility index (Phi) is 8.25. The van der Waals surface area contributed by atoms with Crippen LogP contribution in [0.1, 0.15) is 33.3 Å². The highest BCUT2D eigenvalue weighted by molar-refractivity contribution is 5.98. The Hall–Kier alpha value is -3.86. The maximum Gasteiger partial charge on any atom is 0.270 e. The lowest BCUT2D eigenvalue weighted by Gasteiger charge is -2.24. The maximum atomic E-state index is 12.8. The van der Waals surface area contributed by atoms with Crippen molar-refractivity contribution in [1.29, 1.82) is 0 Å². The summed E-state index contributed by atoms with van der Waals surface area (Å²) in [6.07, 6.45) is 0.424. The minimum absolute atomic E-state index is 0.00937. The number of carbonyl (C=O) groups is 4. The van der Waals surface area contributed by atoms with Gasteiger partial charge in [0.1, 0.15) is 24.1 Å². The molecule has 2 heterocycles. The van der Waals surface area contributed by atoms with Crippen LogP contribution in [0, 0.1) is 6.92 Å². The van der Waals surface area contributed by atoms with Crippen LogP contribution in [0.4, 0.5) is 0 Å². The summed E-state index contributed by atoms with van der Waals surface area (Å²) < 4.78 is 5.72. The third-order valence-corrected chi connectivity index (χ3v) is 5.31. The number of carbonyl (C=O) groups excluding carboxylic acids is 4. The van der Waals surface area contributed by atoms with E-state index in [4.69, 9.17) is 4.74 Å². The normalized spacial score (nSPS) is 19.2. The molecule has 1 aromatic heterocycles. The van der Waals surface area contributed by atoms with E-state index in [0.29, 0.717) is 11.4 Å². The Balaban J connectivity index is 1.82. The summed E-state index contributed by atoms with van der Waals surface area (Å²) in [6.45, 7) is 3.37. The van der Waals surface area contributed by atoms with E-state index in [0.717, 1.165) is 5.56 Å². The van der Waals surface area contributed by atoms with E-state index in [1.54, 1.807) is 36.5 Å². The monoisotopic (exact) mass is 471 g/mol. The molecule has 0 radical (unpaired) electrons. The molecule has 1 aromatic carbocycles. The molecule has 11 nitrogen and oxygen atoms in total. The largest absolute Gasteiger partial charge is 0.491 e. The number of nitrogens with one attached hydrogen (secondary N) is 4. The van der Waals surface area contributed by atoms with Crippen molar-refractivity contribution in [3.8, 4) is 5.75 Å². The summed E-state index contributed by atoms with van der Waals surface area (Å²) in [7, 11) is 0. The van der Waals surface area contributed by atoms with Crippen molar-refractivity contribution >= 4 is 23.6 Å². The van der Waals surface area contributed by atoms with E-state index < -0.39 is 29.9 Å². The zero-order valence-electron chi connectivity index (χ0n) is 19.1. The average Bonchev–Trinajstić information content (AvgIpc) is 3.34. The number of ether oxygens (including phenoxy) is 1. The second-order valence-corrected chi connectivity index (χ2v) is 7.97. The Morgan fingerprint density at radius 2 is 1.97 bits per heavy atom. The molecule has 182 valence electrons. The molecule has 0 aliphatic carbocycles. The van der Waals surface area contributed by atoms with Crippen molar-refractivity contribution in [2.75, 3.05) is 32.8 Å². The summed E-state index contributed by atoms with van der Waals surface area (Å²) in [4.78, 5) is 54.8. The third-order valence-electron chi connectivity index (χ3n) is 5.31. The Morgan fingerprint density at radius 1 is 1.18 bits per heavy atom. The van der Waals surface area contributed by atoms with E-state index in [9.17, 15) is 24.3 Å². The number of rotatable bonds is 2. The first kappa shape index (κ1) is 24.8. The average molecular weight is 472 g/mol. The van der Waals surface area contributed by atoms with Gasteiger partial charge >= 0.3 is 0 Å². The van der Waals surface area contributed by atoms with Crippen molar-refractivity contribution in [3.05, 3.63) is 53.3 Å². The molecular formula is C23H29N5O6. The zero-order valence-corrected chi connectivity index (χ0v) is 19.1. The number of benzene rings is 1. The highest BCUT2D eigenvalue weighted by atomic mass is 16.5. The predicted octanol–water partition coefficient (Wildman–Crippen LogP) is -0.430. The van der Waals surface area contributed by atoms with Crippen LogP contribution in [0.2, 0.25) is 0 Å². The van der Waals surface area contributed by atoms with E-state index in [1.165, 1.54) is 11.8 Å². The van der Waals surface area contributed by atoms with Crippen LogP contribution in [-0.2, 0) is 9.59 Å². The summed E-state index contributed by atoms with van der Waals surface area (Å²) in [5.74, 6) is -1.51. The second-order valence-electron chi connectivity index (χ2n) is 7.97. The highest BCUT2D eigenvalue weighted by Gasteiger charge is 2.27. The molecule has 2 bridgehead atoms. The summed E-state index contributed by atoms with van der Waals surface area (Å²) in [5.41, 5.74) is 1.35. The zero-order chi connectivity index (χ0) is 24.7. The number of hydrogen-bond donors (Lipinski definition) is 5. The highest BCUT2D eigenvalue weighted by Crippen LogP contribution is 2.19. The molecule has 2 aromatic rings. The molecule has 0 saturated carbocycles. The van der Waals surface area contributed by atoms with Gasteiger partial charge in [0.15, 0.2) is 0 Å². The maximum absolute atomic E-state index is 12.8. The van der Waals surface area contributed by atoms with Crippen molar-refractivity contribution in [2.45, 2.75) is 26.0 Å². The Bertz CT molecular complexity index is 1040. The van der Waals surface area contributed by atoms with Crippen LogP contribution in [0.5, 0.6) is 5.75 Å². The molecule has 4 amide bonds. The quantitative estimate of drug-likeness (QED) is 0.401. The summed E-state index contributed by atoms with van der Waals surface area (Å²) in [6, 6.07) is 6.87. The third kappa shape index (κ3) is 6.35. The SMILES string of the molecule is Cc1ccc2cc1OCCNC(=O)CN(C(=O)c1ccc[nH]1)CCNC(=O)[C@H]([C@@H](C)O)NC2=O. The fraction of sp³-hybridized carbons (Fsp3) is 0.391. The van der Waals surface area contributed by atoms with E-state index in [-0.39, 0.29) is 44.3 Å². The molecule has 1 aliphatic heterocycles. The van der Waals surface area contributed by atoms with Gasteiger partial charge in [-0.05, 0) is 43.7 Å². The van der Waals surface area contributed by atoms with Crippen LogP contribution >= 0.6 is 0 Å². The molecular weight excluding hydrogens is 442 g/mol. The first-order valence-electron chi connectivity index (χ1n) is 11.0. The summed E-state index contributed by atoms with van der Waals surface area (Å²) >= 11 is 0. The molecule has 0 unspecified atom stereocenters. The van der Waals surface area contributed by atoms with Gasteiger partial charge < -0.3 is 35.7 Å². The number of H-pyrrole nitrogens is 1. The predicted molar refractivity (Wildman–Crippen MR) is 122 cm³/mol. The standard InChI is InChI=1S/C23H29N5O6/c1-14-5-6-16-12-18(14)34-11-9-25-19(30)13-28(23(33)17-4-3-7-24-17)10-8-26-22(32)20(15(2)29)27-21(16)31/h3-7,12,15,20,24,29H,8-11,13H2,1-2H3,(H,25,30)(H,26,32)(H,27,31)/t15-,20+/m1/s1. The first-order valence-corrected chi connectivity index (χ1v) is 11.0. The van der Waals surface area contributed by atoms with Gasteiger partial charge in [0.25, 0.3) is 11.8 Å². The van der Waals surface area contributed by atoms with Gasteiger partial charge in [-0.25, -0.2) is 0 Å². The van der Waals surface area contributed by atoms with Gasteiger partial charge in [-0.1, -0.05) is 6.07 Å². The van der Waals surface area contributed by atoms with Gasteiger partial charge in [0.2, 0.25) is 11.8 Å². The van der Waals surface area contributed by atoms with Gasteiger partial charge in [-0.15, -0.1) is 0 Å². The van der Waals surface area contributed by atoms with Crippen LogP contribution in [0.3, 0.4) is 0 Å². The molecule has 5 N–H and O–H groups in total. The van der Waals surface area contributed by atoms with Crippen molar-refractivity contribution in [2.24, 2.45) is 0 Å². The number of hydrogen-bond acceptors (Lipinski definition) is 6. The fourth-order valence-electron chi connectivity index (χ4n) is 3.42. The molecule has 3 rings (SSSR count). The van der Waals surface area contributed by atoms with Crippen LogP contribution < -0.4 is 20.7 Å². The van der Waals surface area contributed by atoms with Crippen LogP contribution in [-0.4, -0.2) is 83.6 Å². The second kappa shape index (κ2) is 11.3. The van der Waals surface area contributed by atoms with Gasteiger partial charge in [0, 0.05) is 24.8 Å². The van der Waals surface area contributed by atoms with E-state index in [1.807, 2.05) is 6.92 Å². The molecule has 0 saturated heterocycles. The molecule has 0 fully saturated rings. The number of aryl methyl sites for hydroxylation is 1. The number of aromatic amines is 1. The minimum Gasteiger partial charge on any atom is -0.491 e. The van der Waals surface area contributed by atoms with Crippen molar-refractivity contribution in [1.82, 2.24) is 25.8 Å². The molecule has 0 spiro atoms. The van der Waals surface area contributed by atoms with Gasteiger partial charge in [0.05, 0.1) is 19.2 Å².